The van der Waals surface area contributed by atoms with Crippen molar-refractivity contribution in [2.45, 2.75) is 6.54 Å². The van der Waals surface area contributed by atoms with E-state index < -0.39 is 0 Å². The van der Waals surface area contributed by atoms with Crippen LogP contribution in [0.25, 0.3) is 0 Å². The third kappa shape index (κ3) is 2.59. The van der Waals surface area contributed by atoms with Gasteiger partial charge in [0.25, 0.3) is 0 Å². The topological polar surface area (TPSA) is 45.9 Å². The maximum absolute atomic E-state index is 11.9. The summed E-state index contributed by atoms with van der Waals surface area (Å²) in [6.07, 6.45) is 1.76. The Balaban J connectivity index is 2.18. The normalized spacial score (nSPS) is 10.3. The number of ketones is 1. The molecule has 0 radical (unpaired) electrons. The van der Waals surface area contributed by atoms with E-state index in [9.17, 15) is 4.79 Å². The van der Waals surface area contributed by atoms with Crippen LogP contribution < -0.4 is 4.80 Å². The zero-order chi connectivity index (χ0) is 11.5. The van der Waals surface area contributed by atoms with E-state index in [4.69, 9.17) is 5.41 Å². The summed E-state index contributed by atoms with van der Waals surface area (Å²) in [5.74, 6) is 0.0355. The summed E-state index contributed by atoms with van der Waals surface area (Å²) in [6, 6.07) is 7.46. The molecule has 0 spiro atoms. The fourth-order valence-corrected chi connectivity index (χ4v) is 2.27. The molecule has 16 heavy (non-hydrogen) atoms. The van der Waals surface area contributed by atoms with Crippen LogP contribution in [0.3, 0.4) is 0 Å². The van der Waals surface area contributed by atoms with E-state index in [1.165, 1.54) is 11.3 Å². The zero-order valence-corrected chi connectivity index (χ0v) is 11.3. The number of hydrogen-bond acceptors (Lipinski definition) is 3. The number of carbonyl (C=O) groups excluding carboxylic acids is 1. The molecule has 0 atom stereocenters. The van der Waals surface area contributed by atoms with Crippen molar-refractivity contribution < 1.29 is 4.79 Å². The lowest BCUT2D eigenvalue weighted by molar-refractivity contribution is 0.0971. The average Bonchev–Trinajstić information content (AvgIpc) is 2.65. The molecule has 2 rings (SSSR count). The van der Waals surface area contributed by atoms with E-state index in [-0.39, 0.29) is 12.3 Å². The van der Waals surface area contributed by atoms with Gasteiger partial charge in [-0.1, -0.05) is 12.1 Å². The van der Waals surface area contributed by atoms with Crippen molar-refractivity contribution in [3.05, 3.63) is 49.8 Å². The molecule has 0 aliphatic carbocycles. The lowest BCUT2D eigenvalue weighted by Gasteiger charge is -2.02. The predicted octanol–water partition coefficient (Wildman–Crippen LogP) is 2.52. The molecule has 0 unspecified atom stereocenters. The number of hydrogen-bond donors (Lipinski definition) is 1. The summed E-state index contributed by atoms with van der Waals surface area (Å²) in [4.78, 5) is 12.3. The number of halogens is 1. The molecule has 0 aliphatic heterocycles. The van der Waals surface area contributed by atoms with Crippen molar-refractivity contribution in [3.63, 3.8) is 0 Å². The lowest BCUT2D eigenvalue weighted by atomic mass is 10.1. The second-order valence-electron chi connectivity index (χ2n) is 3.27. The highest BCUT2D eigenvalue weighted by Crippen LogP contribution is 2.08. The van der Waals surface area contributed by atoms with Crippen molar-refractivity contribution >= 4 is 39.7 Å². The number of carbonyl (C=O) groups is 1. The Morgan fingerprint density at radius 2 is 2.06 bits per heavy atom. The molecule has 1 heterocycles. The molecule has 0 saturated heterocycles. The fourth-order valence-electron chi connectivity index (χ4n) is 1.31. The molecule has 0 aliphatic rings. The van der Waals surface area contributed by atoms with Crippen LogP contribution in [0.4, 0.5) is 0 Å². The second-order valence-corrected chi connectivity index (χ2v) is 5.41. The summed E-state index contributed by atoms with van der Waals surface area (Å²) in [7, 11) is 0. The standard InChI is InChI=1S/C11H9IN2OS/c12-9-3-1-8(2-4-9)10(15)7-14-5-6-16-11(14)13/h1-6,13H,7H2. The Morgan fingerprint density at radius 1 is 1.38 bits per heavy atom. The highest BCUT2D eigenvalue weighted by molar-refractivity contribution is 14.1. The number of Topliss-reactive ketones (excluding diaryl/α,β-unsaturated/α-hetero) is 1. The summed E-state index contributed by atoms with van der Waals surface area (Å²) in [5.41, 5.74) is 0.693. The first-order chi connectivity index (χ1) is 7.66. The van der Waals surface area contributed by atoms with Gasteiger partial charge in [0.2, 0.25) is 0 Å². The van der Waals surface area contributed by atoms with Crippen LogP contribution in [0, 0.1) is 8.98 Å². The van der Waals surface area contributed by atoms with Crippen LogP contribution >= 0.6 is 33.9 Å². The number of rotatable bonds is 3. The van der Waals surface area contributed by atoms with Gasteiger partial charge in [0.05, 0.1) is 6.54 Å². The molecular weight excluding hydrogens is 335 g/mol. The molecule has 1 N–H and O–H groups in total. The quantitative estimate of drug-likeness (QED) is 0.675. The molecule has 0 bridgehead atoms. The van der Waals surface area contributed by atoms with Crippen molar-refractivity contribution in [2.75, 3.05) is 0 Å². The first-order valence-electron chi connectivity index (χ1n) is 4.64. The molecule has 1 aromatic carbocycles. The highest BCUT2D eigenvalue weighted by Gasteiger charge is 2.06. The van der Waals surface area contributed by atoms with Crippen LogP contribution in [0.15, 0.2) is 35.8 Å². The number of benzene rings is 1. The average molecular weight is 344 g/mol. The van der Waals surface area contributed by atoms with Crippen LogP contribution in [-0.4, -0.2) is 10.4 Å². The van der Waals surface area contributed by atoms with Gasteiger partial charge in [-0.15, -0.1) is 11.3 Å². The van der Waals surface area contributed by atoms with Crippen LogP contribution in [0.5, 0.6) is 0 Å². The van der Waals surface area contributed by atoms with Gasteiger partial charge < -0.3 is 4.57 Å². The molecule has 0 saturated carbocycles. The van der Waals surface area contributed by atoms with E-state index in [1.54, 1.807) is 10.8 Å². The first-order valence-corrected chi connectivity index (χ1v) is 6.60. The van der Waals surface area contributed by atoms with Crippen molar-refractivity contribution in [2.24, 2.45) is 0 Å². The largest absolute Gasteiger partial charge is 0.316 e. The Hall–Kier alpha value is -0.950. The third-order valence-electron chi connectivity index (χ3n) is 2.16. The van der Waals surface area contributed by atoms with E-state index >= 15 is 0 Å². The van der Waals surface area contributed by atoms with E-state index in [2.05, 4.69) is 22.6 Å². The number of nitrogens with zero attached hydrogens (tertiary/aromatic N) is 1. The minimum absolute atomic E-state index is 0.0355. The van der Waals surface area contributed by atoms with Crippen molar-refractivity contribution in [1.29, 1.82) is 5.41 Å². The van der Waals surface area contributed by atoms with Crippen LogP contribution in [0.1, 0.15) is 10.4 Å². The monoisotopic (exact) mass is 344 g/mol. The molecule has 0 fully saturated rings. The lowest BCUT2D eigenvalue weighted by Crippen LogP contribution is -2.18. The van der Waals surface area contributed by atoms with Gasteiger partial charge >= 0.3 is 0 Å². The van der Waals surface area contributed by atoms with Gasteiger partial charge in [-0.05, 0) is 34.7 Å². The summed E-state index contributed by atoms with van der Waals surface area (Å²) < 4.78 is 2.75. The van der Waals surface area contributed by atoms with Crippen LogP contribution in [-0.2, 0) is 6.54 Å². The summed E-state index contributed by atoms with van der Waals surface area (Å²) >= 11 is 3.52. The van der Waals surface area contributed by atoms with Gasteiger partial charge in [-0.25, -0.2) is 0 Å². The summed E-state index contributed by atoms with van der Waals surface area (Å²) in [5, 5.41) is 9.38. The van der Waals surface area contributed by atoms with Crippen molar-refractivity contribution in [3.8, 4) is 0 Å². The van der Waals surface area contributed by atoms with E-state index in [0.717, 1.165) is 3.57 Å². The molecule has 0 amide bonds. The maximum Gasteiger partial charge on any atom is 0.182 e. The number of nitrogens with one attached hydrogen (secondary N) is 1. The minimum Gasteiger partial charge on any atom is -0.316 e. The number of thiazole rings is 1. The third-order valence-corrected chi connectivity index (χ3v) is 3.60. The molecular formula is C11H9IN2OS. The Labute approximate surface area is 110 Å². The van der Waals surface area contributed by atoms with Crippen LogP contribution in [0.2, 0.25) is 0 Å². The Bertz CT molecular complexity index is 556. The zero-order valence-electron chi connectivity index (χ0n) is 8.31. The molecule has 5 heteroatoms. The molecule has 1 aromatic heterocycles. The van der Waals surface area contributed by atoms with Gasteiger partial charge in [0, 0.05) is 20.7 Å². The number of aromatic nitrogens is 1. The SMILES string of the molecule is N=c1sccn1CC(=O)c1ccc(I)cc1. The maximum atomic E-state index is 11.9. The van der Waals surface area contributed by atoms with E-state index in [1.807, 2.05) is 29.6 Å². The summed E-state index contributed by atoms with van der Waals surface area (Å²) in [6.45, 7) is 0.239. The molecule has 82 valence electrons. The van der Waals surface area contributed by atoms with Gasteiger partial charge in [-0.3, -0.25) is 10.2 Å². The van der Waals surface area contributed by atoms with Crippen molar-refractivity contribution in [1.82, 2.24) is 4.57 Å². The Morgan fingerprint density at radius 3 is 2.62 bits per heavy atom. The fraction of sp³-hybridized carbons (Fsp3) is 0.0909. The van der Waals surface area contributed by atoms with Gasteiger partial charge in [0.1, 0.15) is 0 Å². The minimum atomic E-state index is 0.0355. The van der Waals surface area contributed by atoms with Gasteiger partial charge in [0.15, 0.2) is 10.6 Å². The molecule has 2 aromatic rings. The molecule has 3 nitrogen and oxygen atoms in total. The second kappa shape index (κ2) is 4.92. The Kier molecular flexibility index (Phi) is 3.55. The predicted molar refractivity (Wildman–Crippen MR) is 71.7 cm³/mol. The smallest absolute Gasteiger partial charge is 0.182 e. The first kappa shape index (κ1) is 11.5. The van der Waals surface area contributed by atoms with Gasteiger partial charge in [-0.2, -0.15) is 0 Å². The highest BCUT2D eigenvalue weighted by atomic mass is 127. The van der Waals surface area contributed by atoms with E-state index in [0.29, 0.717) is 10.4 Å².